The Labute approximate surface area is 148 Å². The second-order valence-electron chi connectivity index (χ2n) is 7.75. The summed E-state index contributed by atoms with van der Waals surface area (Å²) >= 11 is 3.60. The first kappa shape index (κ1) is 18.5. The van der Waals surface area contributed by atoms with Crippen LogP contribution < -0.4 is 5.32 Å². The van der Waals surface area contributed by atoms with E-state index in [9.17, 15) is 4.79 Å². The fourth-order valence-corrected chi connectivity index (χ4v) is 3.81. The molecular formula is C19H28BrNO2. The fraction of sp³-hybridized carbons (Fsp3) is 0.632. The van der Waals surface area contributed by atoms with Crippen molar-refractivity contribution in [2.75, 3.05) is 13.7 Å². The van der Waals surface area contributed by atoms with E-state index >= 15 is 0 Å². The van der Waals surface area contributed by atoms with E-state index in [0.717, 1.165) is 11.0 Å². The molecule has 0 unspecified atom stereocenters. The Hall–Kier alpha value is -0.870. The molecular weight excluding hydrogens is 354 g/mol. The summed E-state index contributed by atoms with van der Waals surface area (Å²) < 4.78 is 5.88. The van der Waals surface area contributed by atoms with Crippen LogP contribution in [0, 0.1) is 12.3 Å². The Kier molecular flexibility index (Phi) is 5.90. The van der Waals surface area contributed by atoms with Crippen LogP contribution in [0.4, 0.5) is 0 Å². The van der Waals surface area contributed by atoms with Crippen LogP contribution in [0.1, 0.15) is 67.4 Å². The maximum atomic E-state index is 11.9. The smallest absolute Gasteiger partial charge is 0.337 e. The van der Waals surface area contributed by atoms with E-state index in [1.807, 2.05) is 12.1 Å². The van der Waals surface area contributed by atoms with Gasteiger partial charge in [-0.05, 0) is 54.4 Å². The molecule has 1 N–H and O–H groups in total. The number of hydrogen-bond donors (Lipinski definition) is 1. The molecule has 128 valence electrons. The summed E-state index contributed by atoms with van der Waals surface area (Å²) in [7, 11) is 1.43. The van der Waals surface area contributed by atoms with Gasteiger partial charge >= 0.3 is 5.97 Å². The van der Waals surface area contributed by atoms with Crippen molar-refractivity contribution in [2.45, 2.75) is 58.9 Å². The third kappa shape index (κ3) is 4.57. The van der Waals surface area contributed by atoms with Gasteiger partial charge in [0.2, 0.25) is 0 Å². The van der Waals surface area contributed by atoms with Crippen molar-refractivity contribution in [3.05, 3.63) is 33.3 Å². The second-order valence-corrected chi connectivity index (χ2v) is 8.60. The van der Waals surface area contributed by atoms with Crippen LogP contribution >= 0.6 is 15.9 Å². The summed E-state index contributed by atoms with van der Waals surface area (Å²) in [5.74, 6) is 0.183. The van der Waals surface area contributed by atoms with E-state index in [0.29, 0.717) is 17.5 Å². The zero-order chi connectivity index (χ0) is 17.2. The van der Waals surface area contributed by atoms with Crippen molar-refractivity contribution in [3.63, 3.8) is 0 Å². The molecule has 0 amide bonds. The number of nitrogens with one attached hydrogen (secondary N) is 1. The van der Waals surface area contributed by atoms with Gasteiger partial charge in [-0.2, -0.15) is 0 Å². The maximum Gasteiger partial charge on any atom is 0.337 e. The highest BCUT2D eigenvalue weighted by molar-refractivity contribution is 9.10. The van der Waals surface area contributed by atoms with E-state index in [2.05, 4.69) is 48.9 Å². The first-order chi connectivity index (χ1) is 10.7. The molecule has 4 heteroatoms. The van der Waals surface area contributed by atoms with Crippen LogP contribution in [-0.2, 0) is 4.74 Å². The van der Waals surface area contributed by atoms with Crippen molar-refractivity contribution < 1.29 is 9.53 Å². The van der Waals surface area contributed by atoms with Gasteiger partial charge in [0.15, 0.2) is 0 Å². The number of rotatable bonds is 4. The largest absolute Gasteiger partial charge is 0.465 e. The molecule has 0 saturated heterocycles. The maximum absolute atomic E-state index is 11.9. The molecule has 1 aliphatic carbocycles. The van der Waals surface area contributed by atoms with Gasteiger partial charge in [0.1, 0.15) is 0 Å². The predicted molar refractivity (Wildman–Crippen MR) is 98.1 cm³/mol. The van der Waals surface area contributed by atoms with Crippen LogP contribution in [0.15, 0.2) is 16.6 Å². The number of esters is 1. The quantitative estimate of drug-likeness (QED) is 0.759. The minimum absolute atomic E-state index is 0.274. The summed E-state index contributed by atoms with van der Waals surface area (Å²) in [5, 5.41) is 3.75. The Morgan fingerprint density at radius 1 is 1.35 bits per heavy atom. The number of carbonyl (C=O) groups is 1. The average Bonchev–Trinajstić information content (AvgIpc) is 2.94. The van der Waals surface area contributed by atoms with Gasteiger partial charge in [-0.15, -0.1) is 0 Å². The Morgan fingerprint density at radius 2 is 2.04 bits per heavy atom. The lowest BCUT2D eigenvalue weighted by Gasteiger charge is -2.28. The molecule has 23 heavy (non-hydrogen) atoms. The Balaban J connectivity index is 2.28. The standard InChI is InChI=1S/C19H28BrNO2/c1-12-15(9-13(10-16(12)20)18(22)23-5)14-7-6-8-17(14)21-11-19(2,3)4/h9-10,14,17,21H,6-8,11H2,1-5H3/t14-,17-/m0/s1. The van der Waals surface area contributed by atoms with Gasteiger partial charge in [-0.3, -0.25) is 0 Å². The fourth-order valence-electron chi connectivity index (χ4n) is 3.33. The highest BCUT2D eigenvalue weighted by Gasteiger charge is 2.31. The lowest BCUT2D eigenvalue weighted by atomic mass is 9.88. The van der Waals surface area contributed by atoms with Crippen LogP contribution in [0.25, 0.3) is 0 Å². The molecule has 0 aromatic heterocycles. The molecule has 0 bridgehead atoms. The van der Waals surface area contributed by atoms with Crippen LogP contribution in [0.2, 0.25) is 0 Å². The molecule has 0 radical (unpaired) electrons. The number of halogens is 1. The van der Waals surface area contributed by atoms with Crippen molar-refractivity contribution in [1.29, 1.82) is 0 Å². The van der Waals surface area contributed by atoms with Crippen LogP contribution in [-0.4, -0.2) is 25.7 Å². The number of benzene rings is 1. The van der Waals surface area contributed by atoms with E-state index < -0.39 is 0 Å². The number of hydrogen-bond acceptors (Lipinski definition) is 3. The molecule has 1 fully saturated rings. The van der Waals surface area contributed by atoms with Gasteiger partial charge < -0.3 is 10.1 Å². The topological polar surface area (TPSA) is 38.3 Å². The molecule has 0 heterocycles. The molecule has 2 atom stereocenters. The van der Waals surface area contributed by atoms with E-state index in [1.165, 1.54) is 37.5 Å². The number of ether oxygens (including phenoxy) is 1. The summed E-state index contributed by atoms with van der Waals surface area (Å²) in [6.45, 7) is 9.89. The Bertz CT molecular complexity index is 577. The summed E-state index contributed by atoms with van der Waals surface area (Å²) in [6, 6.07) is 4.36. The van der Waals surface area contributed by atoms with Crippen LogP contribution in [0.5, 0.6) is 0 Å². The summed E-state index contributed by atoms with van der Waals surface area (Å²) in [5.41, 5.74) is 3.40. The monoisotopic (exact) mass is 381 g/mol. The average molecular weight is 382 g/mol. The first-order valence-corrected chi connectivity index (χ1v) is 9.14. The molecule has 1 aliphatic rings. The minimum atomic E-state index is -0.274. The molecule has 0 aliphatic heterocycles. The zero-order valence-electron chi connectivity index (χ0n) is 14.8. The molecule has 1 saturated carbocycles. The zero-order valence-corrected chi connectivity index (χ0v) is 16.4. The lowest BCUT2D eigenvalue weighted by molar-refractivity contribution is 0.0600. The highest BCUT2D eigenvalue weighted by atomic mass is 79.9. The van der Waals surface area contributed by atoms with E-state index in [1.54, 1.807) is 0 Å². The molecule has 1 aromatic rings. The van der Waals surface area contributed by atoms with Crippen molar-refractivity contribution in [2.24, 2.45) is 5.41 Å². The number of methoxy groups -OCH3 is 1. The van der Waals surface area contributed by atoms with Gasteiger partial charge in [0, 0.05) is 17.1 Å². The first-order valence-electron chi connectivity index (χ1n) is 8.34. The van der Waals surface area contributed by atoms with Gasteiger partial charge in [-0.25, -0.2) is 4.79 Å². The van der Waals surface area contributed by atoms with E-state index in [-0.39, 0.29) is 11.4 Å². The minimum Gasteiger partial charge on any atom is -0.465 e. The molecule has 1 aromatic carbocycles. The van der Waals surface area contributed by atoms with Crippen LogP contribution in [0.3, 0.4) is 0 Å². The summed E-state index contributed by atoms with van der Waals surface area (Å²) in [4.78, 5) is 11.9. The lowest BCUT2D eigenvalue weighted by Crippen LogP contribution is -2.37. The van der Waals surface area contributed by atoms with Crippen molar-refractivity contribution >= 4 is 21.9 Å². The van der Waals surface area contributed by atoms with Gasteiger partial charge in [-0.1, -0.05) is 43.1 Å². The van der Waals surface area contributed by atoms with Crippen molar-refractivity contribution in [3.8, 4) is 0 Å². The molecule has 2 rings (SSSR count). The molecule has 0 spiro atoms. The normalized spacial score (nSPS) is 21.5. The number of carbonyl (C=O) groups excluding carboxylic acids is 1. The van der Waals surface area contributed by atoms with Gasteiger partial charge in [0.25, 0.3) is 0 Å². The Morgan fingerprint density at radius 3 is 2.65 bits per heavy atom. The highest BCUT2D eigenvalue weighted by Crippen LogP contribution is 2.39. The summed E-state index contributed by atoms with van der Waals surface area (Å²) in [6.07, 6.45) is 3.59. The predicted octanol–water partition coefficient (Wildman–Crippen LogP) is 4.82. The second kappa shape index (κ2) is 7.35. The van der Waals surface area contributed by atoms with Crippen molar-refractivity contribution in [1.82, 2.24) is 5.32 Å². The SMILES string of the molecule is COC(=O)c1cc(Br)c(C)c([C@@H]2CCC[C@@H]2NCC(C)(C)C)c1. The third-order valence-electron chi connectivity index (χ3n) is 4.62. The van der Waals surface area contributed by atoms with Gasteiger partial charge in [0.05, 0.1) is 12.7 Å². The molecule has 3 nitrogen and oxygen atoms in total. The van der Waals surface area contributed by atoms with E-state index in [4.69, 9.17) is 4.74 Å². The third-order valence-corrected chi connectivity index (χ3v) is 5.44.